The van der Waals surface area contributed by atoms with Crippen LogP contribution in [0.4, 0.5) is 0 Å². The maximum absolute atomic E-state index is 6.05. The molecule has 4 nitrogen and oxygen atoms in total. The summed E-state index contributed by atoms with van der Waals surface area (Å²) in [5.41, 5.74) is 2.49. The number of hydrazone groups is 1. The lowest BCUT2D eigenvalue weighted by molar-refractivity contribution is 0.00578. The van der Waals surface area contributed by atoms with Crippen molar-refractivity contribution < 1.29 is 9.31 Å². The molecule has 0 saturated carbocycles. The van der Waals surface area contributed by atoms with E-state index in [-0.39, 0.29) is 18.3 Å². The van der Waals surface area contributed by atoms with Crippen LogP contribution in [0.5, 0.6) is 0 Å². The fourth-order valence-electron chi connectivity index (χ4n) is 2.10. The number of hydrogen-bond acceptors (Lipinski definition) is 4. The van der Waals surface area contributed by atoms with E-state index in [2.05, 4.69) is 32.8 Å². The SMILES string of the molecule is Cc1cc(C=NN)ccc1B1OC(C)(C)C(C)(C)O1. The lowest BCUT2D eigenvalue weighted by Gasteiger charge is -2.32. The summed E-state index contributed by atoms with van der Waals surface area (Å²) >= 11 is 0. The highest BCUT2D eigenvalue weighted by atomic mass is 16.7. The molecule has 102 valence electrons. The Hall–Kier alpha value is -1.33. The zero-order chi connectivity index (χ0) is 14.3. The Morgan fingerprint density at radius 1 is 1.16 bits per heavy atom. The molecule has 5 heteroatoms. The molecule has 1 aromatic rings. The first-order valence-electron chi connectivity index (χ1n) is 6.46. The van der Waals surface area contributed by atoms with Crippen molar-refractivity contribution in [2.24, 2.45) is 10.9 Å². The average Bonchev–Trinajstić information content (AvgIpc) is 2.48. The van der Waals surface area contributed by atoms with Crippen LogP contribution in [0.3, 0.4) is 0 Å². The van der Waals surface area contributed by atoms with Gasteiger partial charge in [0.05, 0.1) is 17.4 Å². The van der Waals surface area contributed by atoms with E-state index >= 15 is 0 Å². The van der Waals surface area contributed by atoms with Gasteiger partial charge in [-0.15, -0.1) is 0 Å². The summed E-state index contributed by atoms with van der Waals surface area (Å²) in [4.78, 5) is 0. The summed E-state index contributed by atoms with van der Waals surface area (Å²) in [5.74, 6) is 5.16. The highest BCUT2D eigenvalue weighted by Gasteiger charge is 2.51. The van der Waals surface area contributed by atoms with Crippen molar-refractivity contribution in [1.29, 1.82) is 0 Å². The molecule has 0 bridgehead atoms. The second kappa shape index (κ2) is 4.65. The summed E-state index contributed by atoms with van der Waals surface area (Å²) in [6.07, 6.45) is 1.63. The first-order valence-corrected chi connectivity index (χ1v) is 6.46. The van der Waals surface area contributed by atoms with Gasteiger partial charge in [-0.3, -0.25) is 0 Å². The van der Waals surface area contributed by atoms with Gasteiger partial charge in [0, 0.05) is 0 Å². The van der Waals surface area contributed by atoms with E-state index in [0.29, 0.717) is 0 Å². The fourth-order valence-corrected chi connectivity index (χ4v) is 2.10. The third kappa shape index (κ3) is 2.53. The zero-order valence-corrected chi connectivity index (χ0v) is 12.2. The molecule has 0 radical (unpaired) electrons. The molecule has 0 aliphatic carbocycles. The molecule has 0 spiro atoms. The lowest BCUT2D eigenvalue weighted by atomic mass is 9.76. The van der Waals surface area contributed by atoms with Crippen LogP contribution in [0.25, 0.3) is 0 Å². The number of aryl methyl sites for hydroxylation is 1. The van der Waals surface area contributed by atoms with Crippen LogP contribution in [0.2, 0.25) is 0 Å². The molecule has 1 heterocycles. The first kappa shape index (κ1) is 14.1. The van der Waals surface area contributed by atoms with Crippen LogP contribution in [-0.4, -0.2) is 24.5 Å². The topological polar surface area (TPSA) is 56.8 Å². The normalized spacial score (nSPS) is 21.2. The Balaban J connectivity index is 2.30. The van der Waals surface area contributed by atoms with Crippen molar-refractivity contribution in [2.45, 2.75) is 45.8 Å². The molecular formula is C14H21BN2O2. The molecule has 1 aliphatic heterocycles. The van der Waals surface area contributed by atoms with Crippen LogP contribution in [0.15, 0.2) is 23.3 Å². The van der Waals surface area contributed by atoms with Gasteiger partial charge in [0.2, 0.25) is 0 Å². The Kier molecular flexibility index (Phi) is 3.45. The molecule has 1 aromatic carbocycles. The summed E-state index contributed by atoms with van der Waals surface area (Å²) in [6.45, 7) is 10.2. The summed E-state index contributed by atoms with van der Waals surface area (Å²) in [6, 6.07) is 6.00. The summed E-state index contributed by atoms with van der Waals surface area (Å²) in [7, 11) is -0.325. The van der Waals surface area contributed by atoms with Gasteiger partial charge in [-0.25, -0.2) is 0 Å². The summed E-state index contributed by atoms with van der Waals surface area (Å²) in [5, 5.41) is 3.53. The van der Waals surface area contributed by atoms with Gasteiger partial charge >= 0.3 is 7.12 Å². The number of nitrogens with zero attached hydrogens (tertiary/aromatic N) is 1. The minimum Gasteiger partial charge on any atom is -0.399 e. The quantitative estimate of drug-likeness (QED) is 0.380. The van der Waals surface area contributed by atoms with Crippen molar-refractivity contribution in [3.63, 3.8) is 0 Å². The van der Waals surface area contributed by atoms with Gasteiger partial charge < -0.3 is 15.2 Å². The molecule has 2 rings (SSSR count). The predicted octanol–water partition coefficient (Wildman–Crippen LogP) is 1.59. The molecule has 1 saturated heterocycles. The van der Waals surface area contributed by atoms with Crippen molar-refractivity contribution in [2.75, 3.05) is 0 Å². The Bertz CT molecular complexity index is 496. The Labute approximate surface area is 115 Å². The third-order valence-electron chi connectivity index (χ3n) is 4.02. The van der Waals surface area contributed by atoms with E-state index in [4.69, 9.17) is 15.2 Å². The second-order valence-corrected chi connectivity index (χ2v) is 5.98. The van der Waals surface area contributed by atoms with E-state index in [9.17, 15) is 0 Å². The van der Waals surface area contributed by atoms with Gasteiger partial charge in [0.15, 0.2) is 0 Å². The minimum atomic E-state index is -0.325. The van der Waals surface area contributed by atoms with E-state index in [0.717, 1.165) is 16.6 Å². The third-order valence-corrected chi connectivity index (χ3v) is 4.02. The molecule has 19 heavy (non-hydrogen) atoms. The molecular weight excluding hydrogens is 239 g/mol. The van der Waals surface area contributed by atoms with Crippen molar-refractivity contribution in [3.8, 4) is 0 Å². The summed E-state index contributed by atoms with van der Waals surface area (Å²) < 4.78 is 12.1. The van der Waals surface area contributed by atoms with E-state index in [1.54, 1.807) is 6.21 Å². The number of benzene rings is 1. The van der Waals surface area contributed by atoms with E-state index in [1.165, 1.54) is 0 Å². The maximum Gasteiger partial charge on any atom is 0.495 e. The number of nitrogens with two attached hydrogens (primary N) is 1. The predicted molar refractivity (Wildman–Crippen MR) is 78.7 cm³/mol. The minimum absolute atomic E-state index is 0.318. The van der Waals surface area contributed by atoms with Crippen molar-refractivity contribution in [1.82, 2.24) is 0 Å². The smallest absolute Gasteiger partial charge is 0.399 e. The van der Waals surface area contributed by atoms with Gasteiger partial charge in [0.25, 0.3) is 0 Å². The van der Waals surface area contributed by atoms with Crippen molar-refractivity contribution in [3.05, 3.63) is 29.3 Å². The molecule has 0 amide bonds. The molecule has 0 aromatic heterocycles. The molecule has 0 unspecified atom stereocenters. The monoisotopic (exact) mass is 260 g/mol. The van der Waals surface area contributed by atoms with Crippen molar-refractivity contribution >= 4 is 18.8 Å². The van der Waals surface area contributed by atoms with Crippen LogP contribution < -0.4 is 11.3 Å². The standard InChI is InChI=1S/C14H21BN2O2/c1-10-8-11(9-17-16)6-7-12(10)15-18-13(2,3)14(4,5)19-15/h6-9H,16H2,1-5H3. The molecule has 0 atom stereocenters. The number of rotatable bonds is 2. The fraction of sp³-hybridized carbons (Fsp3) is 0.500. The average molecular weight is 260 g/mol. The van der Waals surface area contributed by atoms with Crippen LogP contribution in [0.1, 0.15) is 38.8 Å². The number of hydrogen-bond donors (Lipinski definition) is 1. The molecule has 1 aliphatic rings. The van der Waals surface area contributed by atoms with Gasteiger partial charge in [-0.05, 0) is 45.6 Å². The largest absolute Gasteiger partial charge is 0.495 e. The molecule has 1 fully saturated rings. The molecule has 2 N–H and O–H groups in total. The van der Waals surface area contributed by atoms with Crippen LogP contribution in [0, 0.1) is 6.92 Å². The van der Waals surface area contributed by atoms with Crippen LogP contribution >= 0.6 is 0 Å². The van der Waals surface area contributed by atoms with Gasteiger partial charge in [0.1, 0.15) is 0 Å². The second-order valence-electron chi connectivity index (χ2n) is 5.98. The zero-order valence-electron chi connectivity index (χ0n) is 12.2. The van der Waals surface area contributed by atoms with E-state index in [1.807, 2.05) is 25.1 Å². The lowest BCUT2D eigenvalue weighted by Crippen LogP contribution is -2.41. The highest BCUT2D eigenvalue weighted by molar-refractivity contribution is 6.62. The highest BCUT2D eigenvalue weighted by Crippen LogP contribution is 2.36. The van der Waals surface area contributed by atoms with Gasteiger partial charge in [-0.2, -0.15) is 5.10 Å². The van der Waals surface area contributed by atoms with Gasteiger partial charge in [-0.1, -0.05) is 23.8 Å². The maximum atomic E-state index is 6.05. The first-order chi connectivity index (χ1) is 8.77. The van der Waals surface area contributed by atoms with E-state index < -0.39 is 0 Å². The Morgan fingerprint density at radius 3 is 2.21 bits per heavy atom. The Morgan fingerprint density at radius 2 is 1.74 bits per heavy atom. The van der Waals surface area contributed by atoms with Crippen LogP contribution in [-0.2, 0) is 9.31 Å².